The number of hydrogen-bond acceptors (Lipinski definition) is 5. The van der Waals surface area contributed by atoms with Crippen LogP contribution in [0.1, 0.15) is 40.5 Å². The molecule has 6 nitrogen and oxygen atoms in total. The number of alkyl halides is 1. The molecule has 0 aliphatic carbocycles. The van der Waals surface area contributed by atoms with Gasteiger partial charge in [0.25, 0.3) is 0 Å². The van der Waals surface area contributed by atoms with Gasteiger partial charge in [-0.1, -0.05) is 52.5 Å². The standard InChI is InChI=1S/C23H39ClFN3O3/c1-6-7-8-16(17(25)12-24)19-20(26)18(11-23(4,5)14(2)3)28-21(19)22(31)27-10-9-15(30)13-29/h6-8,14-15,18-21,28-30H,1,9-13,26H2,2-5H3,(H,27,31)/b8-7-,17-16-/t15-,18-,19+,20?,21+/m0/s1. The van der Waals surface area contributed by atoms with E-state index in [1.54, 1.807) is 12.2 Å². The van der Waals surface area contributed by atoms with Gasteiger partial charge in [0.05, 0.1) is 24.6 Å². The fourth-order valence-corrected chi connectivity index (χ4v) is 3.89. The van der Waals surface area contributed by atoms with Crippen molar-refractivity contribution < 1.29 is 19.4 Å². The molecule has 178 valence electrons. The van der Waals surface area contributed by atoms with E-state index in [0.29, 0.717) is 5.92 Å². The predicted octanol–water partition coefficient (Wildman–Crippen LogP) is 2.41. The van der Waals surface area contributed by atoms with Gasteiger partial charge in [0.2, 0.25) is 5.91 Å². The summed E-state index contributed by atoms with van der Waals surface area (Å²) < 4.78 is 14.8. The van der Waals surface area contributed by atoms with Crippen LogP contribution in [0.15, 0.2) is 36.2 Å². The zero-order valence-corrected chi connectivity index (χ0v) is 19.8. The summed E-state index contributed by atoms with van der Waals surface area (Å²) in [6.07, 6.45) is 4.73. The minimum atomic E-state index is -0.908. The summed E-state index contributed by atoms with van der Waals surface area (Å²) in [5.74, 6) is -1.41. The Bertz CT molecular complexity index is 666. The van der Waals surface area contributed by atoms with Gasteiger partial charge in [-0.15, -0.1) is 11.6 Å². The second kappa shape index (κ2) is 12.7. The Hall–Kier alpha value is -1.25. The smallest absolute Gasteiger partial charge is 0.237 e. The van der Waals surface area contributed by atoms with Crippen molar-refractivity contribution in [1.29, 1.82) is 0 Å². The summed E-state index contributed by atoms with van der Waals surface area (Å²) in [6, 6.07) is -1.46. The number of allylic oxidation sites excluding steroid dienone is 4. The summed E-state index contributed by atoms with van der Waals surface area (Å²) in [7, 11) is 0. The molecule has 31 heavy (non-hydrogen) atoms. The van der Waals surface area contributed by atoms with Gasteiger partial charge in [-0.2, -0.15) is 0 Å². The van der Waals surface area contributed by atoms with Crippen molar-refractivity contribution in [1.82, 2.24) is 10.6 Å². The summed E-state index contributed by atoms with van der Waals surface area (Å²) >= 11 is 5.79. The molecule has 1 saturated heterocycles. The first kappa shape index (κ1) is 27.8. The van der Waals surface area contributed by atoms with E-state index in [0.717, 1.165) is 6.42 Å². The molecule has 1 fully saturated rings. The molecule has 5 atom stereocenters. The van der Waals surface area contributed by atoms with E-state index in [2.05, 4.69) is 44.9 Å². The number of halogens is 2. The first-order valence-corrected chi connectivity index (χ1v) is 11.3. The zero-order chi connectivity index (χ0) is 23.8. The van der Waals surface area contributed by atoms with Gasteiger partial charge in [0, 0.05) is 24.5 Å². The molecule has 0 saturated carbocycles. The Morgan fingerprint density at radius 2 is 2.06 bits per heavy atom. The molecule has 0 aromatic heterocycles. The highest BCUT2D eigenvalue weighted by Crippen LogP contribution is 2.38. The second-order valence-electron chi connectivity index (χ2n) is 9.21. The van der Waals surface area contributed by atoms with E-state index < -0.39 is 29.9 Å². The van der Waals surface area contributed by atoms with Crippen molar-refractivity contribution >= 4 is 17.5 Å². The molecule has 1 amide bonds. The number of hydrogen-bond donors (Lipinski definition) is 5. The maximum atomic E-state index is 14.8. The van der Waals surface area contributed by atoms with Gasteiger partial charge in [-0.3, -0.25) is 4.79 Å². The predicted molar refractivity (Wildman–Crippen MR) is 124 cm³/mol. The molecule has 1 unspecified atom stereocenters. The number of rotatable bonds is 12. The van der Waals surface area contributed by atoms with Gasteiger partial charge >= 0.3 is 0 Å². The Kier molecular flexibility index (Phi) is 11.4. The van der Waals surface area contributed by atoms with E-state index >= 15 is 0 Å². The van der Waals surface area contributed by atoms with Crippen molar-refractivity contribution in [2.45, 2.75) is 64.8 Å². The monoisotopic (exact) mass is 459 g/mol. The van der Waals surface area contributed by atoms with Gasteiger partial charge in [-0.25, -0.2) is 4.39 Å². The topological polar surface area (TPSA) is 108 Å². The Morgan fingerprint density at radius 3 is 2.58 bits per heavy atom. The number of nitrogens with two attached hydrogens (primary N) is 1. The molecule has 0 radical (unpaired) electrons. The average molecular weight is 460 g/mol. The zero-order valence-electron chi connectivity index (χ0n) is 19.1. The molecule has 1 aliphatic heterocycles. The quantitative estimate of drug-likeness (QED) is 0.227. The molecule has 8 heteroatoms. The van der Waals surface area contributed by atoms with Gasteiger partial charge in [0.15, 0.2) is 0 Å². The highest BCUT2D eigenvalue weighted by molar-refractivity contribution is 6.19. The highest BCUT2D eigenvalue weighted by Gasteiger charge is 2.47. The van der Waals surface area contributed by atoms with Crippen LogP contribution >= 0.6 is 11.6 Å². The van der Waals surface area contributed by atoms with Crippen LogP contribution in [-0.4, -0.2) is 59.4 Å². The minimum absolute atomic E-state index is 0.0394. The fourth-order valence-electron chi connectivity index (χ4n) is 3.74. The van der Waals surface area contributed by atoms with Crippen LogP contribution in [0.2, 0.25) is 0 Å². The lowest BCUT2D eigenvalue weighted by Crippen LogP contribution is -2.47. The van der Waals surface area contributed by atoms with E-state index in [1.165, 1.54) is 6.08 Å². The molecule has 0 spiro atoms. The normalized spacial score (nSPS) is 26.3. The number of aliphatic hydroxyl groups excluding tert-OH is 2. The summed E-state index contributed by atoms with van der Waals surface area (Å²) in [4.78, 5) is 13.0. The molecule has 1 rings (SSSR count). The van der Waals surface area contributed by atoms with Crippen molar-refractivity contribution in [3.05, 3.63) is 36.2 Å². The lowest BCUT2D eigenvalue weighted by molar-refractivity contribution is -0.123. The van der Waals surface area contributed by atoms with Crippen LogP contribution < -0.4 is 16.4 Å². The molecular weight excluding hydrogens is 421 g/mol. The summed E-state index contributed by atoms with van der Waals surface area (Å²) in [5, 5.41) is 24.6. The maximum absolute atomic E-state index is 14.8. The van der Waals surface area contributed by atoms with Crippen molar-refractivity contribution in [2.75, 3.05) is 19.0 Å². The van der Waals surface area contributed by atoms with E-state index in [1.807, 2.05) is 0 Å². The van der Waals surface area contributed by atoms with E-state index in [9.17, 15) is 14.3 Å². The largest absolute Gasteiger partial charge is 0.394 e. The van der Waals surface area contributed by atoms with Crippen molar-refractivity contribution in [3.63, 3.8) is 0 Å². The van der Waals surface area contributed by atoms with E-state index in [4.69, 9.17) is 22.4 Å². The molecule has 0 aromatic carbocycles. The van der Waals surface area contributed by atoms with Crippen LogP contribution in [-0.2, 0) is 4.79 Å². The third-order valence-corrected chi connectivity index (χ3v) is 6.65. The fraction of sp³-hybridized carbons (Fsp3) is 0.696. The Labute approximate surface area is 190 Å². The lowest BCUT2D eigenvalue weighted by atomic mass is 9.74. The van der Waals surface area contributed by atoms with E-state index in [-0.39, 0.29) is 48.4 Å². The third kappa shape index (κ3) is 7.68. The van der Waals surface area contributed by atoms with Crippen LogP contribution in [0.4, 0.5) is 4.39 Å². The molecular formula is C23H39ClFN3O3. The Balaban J connectivity index is 3.23. The number of carbonyl (C=O) groups is 1. The van der Waals surface area contributed by atoms with Gasteiger partial charge in [-0.05, 0) is 29.7 Å². The summed E-state index contributed by atoms with van der Waals surface area (Å²) in [5.41, 5.74) is 6.85. The molecule has 0 bridgehead atoms. The van der Waals surface area contributed by atoms with Crippen LogP contribution in [0.25, 0.3) is 0 Å². The number of carbonyl (C=O) groups excluding carboxylic acids is 1. The SMILES string of the molecule is C=C/C=C\C(=C(\F)CCl)[C@@H]1C(N)[C@H](CC(C)(C)C(C)C)N[C@H]1C(=O)NCC[C@H](O)CO. The summed E-state index contributed by atoms with van der Waals surface area (Å²) in [6.45, 7) is 12.0. The Morgan fingerprint density at radius 1 is 1.42 bits per heavy atom. The van der Waals surface area contributed by atoms with Crippen LogP contribution in [0.5, 0.6) is 0 Å². The van der Waals surface area contributed by atoms with Crippen molar-refractivity contribution in [3.8, 4) is 0 Å². The molecule has 6 N–H and O–H groups in total. The van der Waals surface area contributed by atoms with Gasteiger partial charge in [0.1, 0.15) is 5.83 Å². The number of nitrogens with one attached hydrogen (secondary N) is 2. The average Bonchev–Trinajstić information content (AvgIpc) is 3.03. The minimum Gasteiger partial charge on any atom is -0.394 e. The molecule has 1 aliphatic rings. The lowest BCUT2D eigenvalue weighted by Gasteiger charge is -2.34. The second-order valence-corrected chi connectivity index (χ2v) is 9.47. The maximum Gasteiger partial charge on any atom is 0.237 e. The first-order chi connectivity index (χ1) is 14.5. The molecule has 0 aromatic rings. The van der Waals surface area contributed by atoms with Crippen LogP contribution in [0.3, 0.4) is 0 Å². The third-order valence-electron chi connectivity index (χ3n) is 6.41. The van der Waals surface area contributed by atoms with Crippen LogP contribution in [0, 0.1) is 17.3 Å². The first-order valence-electron chi connectivity index (χ1n) is 10.8. The van der Waals surface area contributed by atoms with Crippen molar-refractivity contribution in [2.24, 2.45) is 23.0 Å². The van der Waals surface area contributed by atoms with Gasteiger partial charge < -0.3 is 26.6 Å². The highest BCUT2D eigenvalue weighted by atomic mass is 35.5. The molecule has 1 heterocycles. The number of amides is 1. The number of aliphatic hydroxyl groups is 2.